The van der Waals surface area contributed by atoms with Gasteiger partial charge in [-0.2, -0.15) is 0 Å². The number of nitrogens with two attached hydrogens (primary N) is 1. The molecule has 2 amide bonds. The molecule has 0 spiro atoms. The first-order chi connectivity index (χ1) is 15.4. The largest absolute Gasteiger partial charge is 0.481 e. The van der Waals surface area contributed by atoms with E-state index in [0.717, 1.165) is 33.4 Å². The molecule has 8 heteroatoms. The lowest BCUT2D eigenvalue weighted by Crippen LogP contribution is -2.19. The van der Waals surface area contributed by atoms with Gasteiger partial charge in [0.05, 0.1) is 18.5 Å². The van der Waals surface area contributed by atoms with Gasteiger partial charge in [-0.1, -0.05) is 18.2 Å². The third-order valence-electron chi connectivity index (χ3n) is 5.72. The van der Waals surface area contributed by atoms with Crippen LogP contribution >= 0.6 is 0 Å². The summed E-state index contributed by atoms with van der Waals surface area (Å²) in [5, 5.41) is 3.60. The predicted molar refractivity (Wildman–Crippen MR) is 120 cm³/mol. The van der Waals surface area contributed by atoms with Crippen LogP contribution in [0, 0.1) is 0 Å². The van der Waals surface area contributed by atoms with Gasteiger partial charge in [-0.25, -0.2) is 4.79 Å². The molecule has 1 aliphatic rings. The Morgan fingerprint density at radius 3 is 2.69 bits per heavy atom. The van der Waals surface area contributed by atoms with Crippen LogP contribution < -0.4 is 15.8 Å². The Hall–Kier alpha value is -3.81. The topological polar surface area (TPSA) is 113 Å². The van der Waals surface area contributed by atoms with Gasteiger partial charge in [-0.15, -0.1) is 0 Å². The first-order valence-electron chi connectivity index (χ1n) is 10.4. The molecule has 1 unspecified atom stereocenters. The zero-order chi connectivity index (χ0) is 22.8. The number of hydrogen-bond donors (Lipinski definition) is 2. The second-order valence-electron chi connectivity index (χ2n) is 7.84. The fourth-order valence-corrected chi connectivity index (χ4v) is 4.43. The summed E-state index contributed by atoms with van der Waals surface area (Å²) >= 11 is 0. The summed E-state index contributed by atoms with van der Waals surface area (Å²) in [6.07, 6.45) is 1.34. The lowest BCUT2D eigenvalue weighted by atomic mass is 9.99. The summed E-state index contributed by atoms with van der Waals surface area (Å²) < 4.78 is 12.6. The molecule has 3 aromatic rings. The van der Waals surface area contributed by atoms with Crippen molar-refractivity contribution in [1.29, 1.82) is 0 Å². The smallest absolute Gasteiger partial charge is 0.343 e. The monoisotopic (exact) mass is 435 g/mol. The molecular weight excluding hydrogens is 410 g/mol. The first-order valence-corrected chi connectivity index (χ1v) is 10.4. The molecule has 0 saturated heterocycles. The van der Waals surface area contributed by atoms with Gasteiger partial charge in [0.1, 0.15) is 5.75 Å². The van der Waals surface area contributed by atoms with E-state index in [4.69, 9.17) is 10.5 Å². The highest BCUT2D eigenvalue weighted by Crippen LogP contribution is 2.44. The van der Waals surface area contributed by atoms with Gasteiger partial charge in [0, 0.05) is 30.2 Å². The second kappa shape index (κ2) is 8.74. The summed E-state index contributed by atoms with van der Waals surface area (Å²) in [5.74, 6) is -0.894. The summed E-state index contributed by atoms with van der Waals surface area (Å²) in [4.78, 5) is 35.3. The zero-order valence-electron chi connectivity index (χ0n) is 18.0. The number of amides is 2. The Morgan fingerprint density at radius 1 is 1.19 bits per heavy atom. The molecule has 2 aromatic carbocycles. The van der Waals surface area contributed by atoms with Crippen molar-refractivity contribution in [3.63, 3.8) is 0 Å². The van der Waals surface area contributed by atoms with Gasteiger partial charge in [-0.3, -0.25) is 9.59 Å². The van der Waals surface area contributed by atoms with Crippen LogP contribution in [0.25, 0.3) is 10.9 Å². The molecule has 32 heavy (non-hydrogen) atoms. The minimum atomic E-state index is -0.487. The molecule has 0 bridgehead atoms. The summed E-state index contributed by atoms with van der Waals surface area (Å²) in [6, 6.07) is 13.2. The number of rotatable bonds is 7. The number of benzene rings is 2. The molecule has 3 N–H and O–H groups in total. The van der Waals surface area contributed by atoms with Crippen molar-refractivity contribution in [2.45, 2.75) is 32.2 Å². The van der Waals surface area contributed by atoms with E-state index < -0.39 is 11.9 Å². The molecule has 1 aliphatic carbocycles. The summed E-state index contributed by atoms with van der Waals surface area (Å²) in [7, 11) is 1.30. The van der Waals surface area contributed by atoms with E-state index in [1.165, 1.54) is 14.0 Å². The Balaban J connectivity index is 1.81. The average Bonchev–Trinajstić information content (AvgIpc) is 3.31. The van der Waals surface area contributed by atoms with Crippen molar-refractivity contribution >= 4 is 34.4 Å². The molecule has 0 fully saturated rings. The number of nitrogens with one attached hydrogen (secondary N) is 1. The molecular formula is C24H25N3O5. The van der Waals surface area contributed by atoms with Gasteiger partial charge < -0.3 is 25.1 Å². The van der Waals surface area contributed by atoms with Crippen molar-refractivity contribution in [3.8, 4) is 5.75 Å². The van der Waals surface area contributed by atoms with E-state index in [1.54, 1.807) is 6.07 Å². The Bertz CT molecular complexity index is 1210. The number of anilines is 1. The van der Waals surface area contributed by atoms with E-state index in [-0.39, 0.29) is 18.4 Å². The third-order valence-corrected chi connectivity index (χ3v) is 5.72. The van der Waals surface area contributed by atoms with E-state index in [2.05, 4.69) is 14.6 Å². The van der Waals surface area contributed by atoms with Gasteiger partial charge in [0.15, 0.2) is 6.61 Å². The van der Waals surface area contributed by atoms with Gasteiger partial charge in [0.2, 0.25) is 11.8 Å². The number of methoxy groups -OCH3 is 1. The van der Waals surface area contributed by atoms with Crippen LogP contribution in [0.15, 0.2) is 42.5 Å². The highest BCUT2D eigenvalue weighted by molar-refractivity contribution is 5.98. The molecule has 1 aromatic heterocycles. The van der Waals surface area contributed by atoms with Crippen molar-refractivity contribution in [2.24, 2.45) is 5.73 Å². The quantitative estimate of drug-likeness (QED) is 0.554. The number of nitrogens with zero attached hydrogens (tertiary/aromatic N) is 1. The standard InChI is InChI=1S/C24H25N3O5/c1-14(28)26-16-6-3-5-15(11-16)12-27-18-7-4-8-20(32-13-21(29)31-2)23(18)22-17(24(25)30)9-10-19(22)27/h3-8,11,17H,9-10,12-13H2,1-2H3,(H2,25,30)(H,26,28). The third kappa shape index (κ3) is 4.03. The number of ether oxygens (including phenoxy) is 2. The lowest BCUT2D eigenvalue weighted by Gasteiger charge is -2.13. The minimum absolute atomic E-state index is 0.133. The first kappa shape index (κ1) is 21.4. The number of hydrogen-bond acceptors (Lipinski definition) is 5. The molecule has 1 atom stereocenters. The van der Waals surface area contributed by atoms with Crippen LogP contribution in [-0.2, 0) is 32.1 Å². The van der Waals surface area contributed by atoms with Crippen LogP contribution in [0.4, 0.5) is 5.69 Å². The Morgan fingerprint density at radius 2 is 1.97 bits per heavy atom. The maximum absolute atomic E-state index is 12.2. The number of carbonyl (C=O) groups is 3. The second-order valence-corrected chi connectivity index (χ2v) is 7.84. The highest BCUT2D eigenvalue weighted by atomic mass is 16.6. The maximum Gasteiger partial charge on any atom is 0.343 e. The fraction of sp³-hybridized carbons (Fsp3) is 0.292. The molecule has 8 nitrogen and oxygen atoms in total. The number of primary amides is 1. The molecule has 4 rings (SSSR count). The van der Waals surface area contributed by atoms with Crippen LogP contribution in [-0.4, -0.2) is 36.1 Å². The van der Waals surface area contributed by atoms with Crippen LogP contribution in [0.1, 0.15) is 36.1 Å². The van der Waals surface area contributed by atoms with Crippen LogP contribution in [0.5, 0.6) is 5.75 Å². The van der Waals surface area contributed by atoms with Crippen molar-refractivity contribution < 1.29 is 23.9 Å². The van der Waals surface area contributed by atoms with Gasteiger partial charge >= 0.3 is 5.97 Å². The van der Waals surface area contributed by atoms with Crippen molar-refractivity contribution in [2.75, 3.05) is 19.0 Å². The average molecular weight is 435 g/mol. The predicted octanol–water partition coefficient (Wildman–Crippen LogP) is 2.71. The fourth-order valence-electron chi connectivity index (χ4n) is 4.43. The van der Waals surface area contributed by atoms with Crippen molar-refractivity contribution in [3.05, 3.63) is 59.3 Å². The molecule has 1 heterocycles. The lowest BCUT2D eigenvalue weighted by molar-refractivity contribution is -0.142. The minimum Gasteiger partial charge on any atom is -0.481 e. The van der Waals surface area contributed by atoms with E-state index in [1.807, 2.05) is 36.4 Å². The molecule has 0 saturated carbocycles. The van der Waals surface area contributed by atoms with E-state index in [0.29, 0.717) is 25.1 Å². The Labute approximate surface area is 185 Å². The molecule has 166 valence electrons. The number of esters is 1. The molecule has 0 radical (unpaired) electrons. The number of fused-ring (bicyclic) bond motifs is 3. The normalized spacial score (nSPS) is 14.8. The van der Waals surface area contributed by atoms with Crippen molar-refractivity contribution in [1.82, 2.24) is 4.57 Å². The number of aromatic nitrogens is 1. The SMILES string of the molecule is COC(=O)COc1cccc2c1c1c(n2Cc2cccc(NC(C)=O)c2)CCC1C(N)=O. The van der Waals surface area contributed by atoms with Crippen LogP contribution in [0.2, 0.25) is 0 Å². The highest BCUT2D eigenvalue weighted by Gasteiger charge is 2.34. The summed E-state index contributed by atoms with van der Waals surface area (Å²) in [6.45, 7) is 1.79. The zero-order valence-corrected chi connectivity index (χ0v) is 18.0. The van der Waals surface area contributed by atoms with E-state index >= 15 is 0 Å². The van der Waals surface area contributed by atoms with E-state index in [9.17, 15) is 14.4 Å². The Kier molecular flexibility index (Phi) is 5.85. The number of carbonyl (C=O) groups excluding carboxylic acids is 3. The van der Waals surface area contributed by atoms with Crippen LogP contribution in [0.3, 0.4) is 0 Å². The summed E-state index contributed by atoms with van der Waals surface area (Å²) in [5.41, 5.74) is 10.2. The van der Waals surface area contributed by atoms with Gasteiger partial charge in [-0.05, 0) is 48.2 Å². The van der Waals surface area contributed by atoms with Gasteiger partial charge in [0.25, 0.3) is 0 Å². The molecule has 0 aliphatic heterocycles. The maximum atomic E-state index is 12.2.